The molecule has 0 radical (unpaired) electrons. The van der Waals surface area contributed by atoms with Gasteiger partial charge in [-0.15, -0.1) is 0 Å². The highest BCUT2D eigenvalue weighted by Gasteiger charge is 2.18. The second-order valence-electron chi connectivity index (χ2n) is 5.49. The Morgan fingerprint density at radius 1 is 1.13 bits per heavy atom. The molecular formula is C14H26N2O6P-. The first-order chi connectivity index (χ1) is 10.6. The van der Waals surface area contributed by atoms with Crippen LogP contribution in [0.25, 0.3) is 0 Å². The highest BCUT2D eigenvalue weighted by Crippen LogP contribution is 2.30. The number of Topliss-reactive ketones (excluding diaryl/α,β-unsaturated/α-hetero) is 2. The standard InChI is InChI=1S/C14H27N2O6P/c1-11(17)10-13(12(2)18)16-14(19)15-8-6-4-5-7-9-22-23(3,20)21/h13H,4-10H2,1-3H3,(H,20,21)(H2,15,16,19)/p-1. The van der Waals surface area contributed by atoms with Crippen LogP contribution in [-0.2, 0) is 18.7 Å². The lowest BCUT2D eigenvalue weighted by Crippen LogP contribution is -2.46. The Labute approximate surface area is 136 Å². The molecule has 2 amide bonds. The average molecular weight is 349 g/mol. The summed E-state index contributed by atoms with van der Waals surface area (Å²) in [6.45, 7) is 4.34. The van der Waals surface area contributed by atoms with Crippen molar-refractivity contribution in [1.29, 1.82) is 0 Å². The van der Waals surface area contributed by atoms with Gasteiger partial charge in [-0.25, -0.2) is 4.79 Å². The van der Waals surface area contributed by atoms with Crippen molar-refractivity contribution in [2.75, 3.05) is 19.8 Å². The topological polar surface area (TPSA) is 125 Å². The number of rotatable bonds is 12. The van der Waals surface area contributed by atoms with E-state index < -0.39 is 19.7 Å². The zero-order valence-corrected chi connectivity index (χ0v) is 14.8. The van der Waals surface area contributed by atoms with Gasteiger partial charge in [-0.2, -0.15) is 0 Å². The molecular weight excluding hydrogens is 323 g/mol. The maximum Gasteiger partial charge on any atom is 0.315 e. The largest absolute Gasteiger partial charge is 0.779 e. The predicted molar refractivity (Wildman–Crippen MR) is 84.3 cm³/mol. The van der Waals surface area contributed by atoms with E-state index in [4.69, 9.17) is 0 Å². The average Bonchev–Trinajstić information content (AvgIpc) is 2.39. The van der Waals surface area contributed by atoms with E-state index in [1.807, 2.05) is 0 Å². The molecule has 8 nitrogen and oxygen atoms in total. The second-order valence-corrected chi connectivity index (χ2v) is 7.29. The second kappa shape index (κ2) is 11.3. The SMILES string of the molecule is CC(=O)CC(NC(=O)NCCCCCCOP(C)(=O)[O-])C(C)=O. The quantitative estimate of drug-likeness (QED) is 0.400. The van der Waals surface area contributed by atoms with Gasteiger partial charge in [0.25, 0.3) is 0 Å². The van der Waals surface area contributed by atoms with Gasteiger partial charge < -0.3 is 24.6 Å². The number of ketones is 2. The monoisotopic (exact) mass is 349 g/mol. The molecule has 134 valence electrons. The Kier molecular flexibility index (Phi) is 10.7. The molecule has 0 bridgehead atoms. The van der Waals surface area contributed by atoms with E-state index >= 15 is 0 Å². The lowest BCUT2D eigenvalue weighted by Gasteiger charge is -2.17. The van der Waals surface area contributed by atoms with Gasteiger partial charge in [-0.05, 0) is 26.7 Å². The first kappa shape index (κ1) is 21.8. The molecule has 0 saturated heterocycles. The van der Waals surface area contributed by atoms with E-state index in [2.05, 4.69) is 15.2 Å². The molecule has 0 spiro atoms. The van der Waals surface area contributed by atoms with Crippen molar-refractivity contribution in [2.24, 2.45) is 0 Å². The Morgan fingerprint density at radius 2 is 1.74 bits per heavy atom. The van der Waals surface area contributed by atoms with Gasteiger partial charge in [0.15, 0.2) is 5.78 Å². The highest BCUT2D eigenvalue weighted by molar-refractivity contribution is 7.50. The summed E-state index contributed by atoms with van der Waals surface area (Å²) in [5, 5.41) is 5.09. The molecule has 23 heavy (non-hydrogen) atoms. The Morgan fingerprint density at radius 3 is 2.26 bits per heavy atom. The Balaban J connectivity index is 3.72. The van der Waals surface area contributed by atoms with E-state index in [0.717, 1.165) is 25.9 Å². The third-order valence-corrected chi connectivity index (χ3v) is 3.62. The number of carbonyl (C=O) groups excluding carboxylic acids is 3. The minimum absolute atomic E-state index is 0.0102. The lowest BCUT2D eigenvalue weighted by atomic mass is 10.1. The molecule has 0 aromatic carbocycles. The maximum absolute atomic E-state index is 11.6. The third-order valence-electron chi connectivity index (χ3n) is 2.97. The lowest BCUT2D eigenvalue weighted by molar-refractivity contribution is -0.196. The van der Waals surface area contributed by atoms with Crippen molar-refractivity contribution in [3.05, 3.63) is 0 Å². The van der Waals surface area contributed by atoms with Crippen LogP contribution < -0.4 is 15.5 Å². The van der Waals surface area contributed by atoms with Gasteiger partial charge in [-0.3, -0.25) is 9.59 Å². The van der Waals surface area contributed by atoms with Crippen LogP contribution in [0, 0.1) is 0 Å². The summed E-state index contributed by atoms with van der Waals surface area (Å²) in [6, 6.07) is -1.27. The number of urea groups is 1. The summed E-state index contributed by atoms with van der Waals surface area (Å²) in [4.78, 5) is 44.7. The van der Waals surface area contributed by atoms with Crippen LogP contribution in [0.2, 0.25) is 0 Å². The Hall–Kier alpha value is -1.24. The highest BCUT2D eigenvalue weighted by atomic mass is 31.2. The fourth-order valence-electron chi connectivity index (χ4n) is 1.81. The first-order valence-electron chi connectivity index (χ1n) is 7.59. The molecule has 0 fully saturated rings. The number of amides is 2. The van der Waals surface area contributed by atoms with Gasteiger partial charge in [0.05, 0.1) is 12.6 Å². The summed E-state index contributed by atoms with van der Waals surface area (Å²) in [6.07, 6.45) is 2.97. The molecule has 0 saturated carbocycles. The fraction of sp³-hybridized carbons (Fsp3) is 0.786. The predicted octanol–water partition coefficient (Wildman–Crippen LogP) is 0.982. The molecule has 0 aliphatic heterocycles. The van der Waals surface area contributed by atoms with E-state index in [0.29, 0.717) is 13.0 Å². The molecule has 0 aromatic heterocycles. The summed E-state index contributed by atoms with van der Waals surface area (Å²) in [7, 11) is -3.64. The van der Waals surface area contributed by atoms with E-state index in [1.165, 1.54) is 13.8 Å². The molecule has 0 aliphatic rings. The van der Waals surface area contributed by atoms with E-state index in [-0.39, 0.29) is 24.6 Å². The molecule has 2 N–H and O–H groups in total. The van der Waals surface area contributed by atoms with Crippen LogP contribution in [0.1, 0.15) is 46.0 Å². The number of unbranched alkanes of at least 4 members (excludes halogenated alkanes) is 3. The van der Waals surface area contributed by atoms with Crippen LogP contribution in [0.15, 0.2) is 0 Å². The summed E-state index contributed by atoms with van der Waals surface area (Å²) in [5.74, 6) is -0.427. The molecule has 0 rings (SSSR count). The minimum Gasteiger partial charge on any atom is -0.779 e. The van der Waals surface area contributed by atoms with Crippen molar-refractivity contribution < 1.29 is 28.4 Å². The molecule has 0 aromatic rings. The van der Waals surface area contributed by atoms with Crippen molar-refractivity contribution in [3.8, 4) is 0 Å². The van der Waals surface area contributed by atoms with Crippen molar-refractivity contribution in [1.82, 2.24) is 10.6 Å². The fourth-order valence-corrected chi connectivity index (χ4v) is 2.27. The van der Waals surface area contributed by atoms with Gasteiger partial charge in [0.1, 0.15) is 13.4 Å². The van der Waals surface area contributed by atoms with Gasteiger partial charge in [-0.1, -0.05) is 12.8 Å². The molecule has 2 unspecified atom stereocenters. The number of nitrogens with one attached hydrogen (secondary N) is 2. The normalized spacial score (nSPS) is 14.6. The van der Waals surface area contributed by atoms with Crippen LogP contribution in [0.5, 0.6) is 0 Å². The minimum atomic E-state index is -3.64. The van der Waals surface area contributed by atoms with Crippen molar-refractivity contribution >= 4 is 25.2 Å². The third kappa shape index (κ3) is 14.1. The zero-order valence-electron chi connectivity index (χ0n) is 13.9. The van der Waals surface area contributed by atoms with E-state index in [1.54, 1.807) is 0 Å². The van der Waals surface area contributed by atoms with Gasteiger partial charge >= 0.3 is 6.03 Å². The van der Waals surface area contributed by atoms with Gasteiger partial charge in [0.2, 0.25) is 0 Å². The summed E-state index contributed by atoms with van der Waals surface area (Å²) in [5.41, 5.74) is 0. The van der Waals surface area contributed by atoms with Crippen molar-refractivity contribution in [2.45, 2.75) is 52.0 Å². The smallest absolute Gasteiger partial charge is 0.315 e. The molecule has 0 heterocycles. The molecule has 2 atom stereocenters. The van der Waals surface area contributed by atoms with Crippen LogP contribution >= 0.6 is 7.60 Å². The molecule has 0 aliphatic carbocycles. The number of carbonyl (C=O) groups is 3. The number of hydrogen-bond acceptors (Lipinski definition) is 6. The number of hydrogen-bond donors (Lipinski definition) is 2. The van der Waals surface area contributed by atoms with Crippen molar-refractivity contribution in [3.63, 3.8) is 0 Å². The summed E-state index contributed by atoms with van der Waals surface area (Å²) >= 11 is 0. The van der Waals surface area contributed by atoms with Crippen LogP contribution in [-0.4, -0.2) is 43.5 Å². The zero-order chi connectivity index (χ0) is 17.9. The van der Waals surface area contributed by atoms with Gasteiger partial charge in [0, 0.05) is 19.6 Å². The van der Waals surface area contributed by atoms with Crippen LogP contribution in [0.3, 0.4) is 0 Å². The van der Waals surface area contributed by atoms with E-state index in [9.17, 15) is 23.8 Å². The maximum atomic E-state index is 11.6. The van der Waals surface area contributed by atoms with Crippen LogP contribution in [0.4, 0.5) is 4.79 Å². The summed E-state index contributed by atoms with van der Waals surface area (Å²) < 4.78 is 15.4. The molecule has 9 heteroatoms. The first-order valence-corrected chi connectivity index (χ1v) is 9.58. The Bertz CT molecular complexity index is 449.